The molecule has 0 spiro atoms. The highest BCUT2D eigenvalue weighted by molar-refractivity contribution is 5.28. The van der Waals surface area contributed by atoms with Crippen molar-refractivity contribution in [2.24, 2.45) is 0 Å². The molecule has 5 nitrogen and oxygen atoms in total. The third-order valence-electron chi connectivity index (χ3n) is 2.96. The highest BCUT2D eigenvalue weighted by atomic mass is 16.5. The zero-order valence-electron chi connectivity index (χ0n) is 11.5. The number of morpholine rings is 1. The lowest BCUT2D eigenvalue weighted by Gasteiger charge is -2.34. The molecule has 1 aliphatic rings. The second kappa shape index (κ2) is 6.20. The van der Waals surface area contributed by atoms with Gasteiger partial charge in [0.2, 0.25) is 0 Å². The van der Waals surface area contributed by atoms with E-state index in [-0.39, 0.29) is 12.2 Å². The van der Waals surface area contributed by atoms with E-state index in [2.05, 4.69) is 36.0 Å². The van der Waals surface area contributed by atoms with Crippen molar-refractivity contribution in [2.75, 3.05) is 24.5 Å². The number of hydrogen-bond acceptors (Lipinski definition) is 5. The zero-order chi connectivity index (χ0) is 13.0. The predicted molar refractivity (Wildman–Crippen MR) is 70.7 cm³/mol. The number of rotatable bonds is 5. The summed E-state index contributed by atoms with van der Waals surface area (Å²) in [6.07, 6.45) is 3.32. The number of hydrogen-bond donors (Lipinski definition) is 1. The minimum absolute atomic E-state index is 0.224. The predicted octanol–water partition coefficient (Wildman–Crippen LogP) is 1.79. The maximum atomic E-state index is 5.70. The van der Waals surface area contributed by atoms with E-state index in [0.29, 0.717) is 6.01 Å². The van der Waals surface area contributed by atoms with E-state index in [0.717, 1.165) is 38.3 Å². The van der Waals surface area contributed by atoms with Crippen molar-refractivity contribution in [3.63, 3.8) is 0 Å². The van der Waals surface area contributed by atoms with Crippen LogP contribution in [0.5, 0.6) is 0 Å². The third-order valence-corrected chi connectivity index (χ3v) is 2.96. The molecule has 2 heterocycles. The molecule has 102 valence electrons. The molecule has 2 rings (SSSR count). The van der Waals surface area contributed by atoms with E-state index in [9.17, 15) is 0 Å². The van der Waals surface area contributed by atoms with Gasteiger partial charge >= 0.3 is 0 Å². The Kier molecular flexibility index (Phi) is 4.60. The van der Waals surface area contributed by atoms with Gasteiger partial charge < -0.3 is 19.4 Å². The molecule has 0 bridgehead atoms. The van der Waals surface area contributed by atoms with E-state index in [4.69, 9.17) is 9.15 Å². The quantitative estimate of drug-likeness (QED) is 0.811. The molecular formula is C13H23N3O2. The molecular weight excluding hydrogens is 230 g/mol. The first kappa shape index (κ1) is 13.4. The maximum Gasteiger partial charge on any atom is 0.297 e. The average molecular weight is 253 g/mol. The highest BCUT2D eigenvalue weighted by Gasteiger charge is 2.25. The number of nitrogens with zero attached hydrogens (tertiary/aromatic N) is 2. The minimum atomic E-state index is 0.224. The number of aromatic nitrogens is 1. The van der Waals surface area contributed by atoms with Gasteiger partial charge in [-0.05, 0) is 26.8 Å². The van der Waals surface area contributed by atoms with Crippen molar-refractivity contribution in [2.45, 2.75) is 45.9 Å². The van der Waals surface area contributed by atoms with Crippen LogP contribution in [-0.4, -0.2) is 36.8 Å². The van der Waals surface area contributed by atoms with Gasteiger partial charge in [-0.15, -0.1) is 0 Å². The van der Waals surface area contributed by atoms with Gasteiger partial charge in [0.05, 0.1) is 17.9 Å². The van der Waals surface area contributed by atoms with Crippen LogP contribution >= 0.6 is 0 Å². The standard InChI is InChI=1S/C13H23N3O2/c1-4-5-14-6-12-9-17-13(15-12)16-7-10(2)18-11(3)8-16/h9-11,14H,4-8H2,1-3H3. The van der Waals surface area contributed by atoms with Gasteiger partial charge in [0.1, 0.15) is 6.26 Å². The first-order chi connectivity index (χ1) is 8.69. The van der Waals surface area contributed by atoms with Crippen molar-refractivity contribution in [3.05, 3.63) is 12.0 Å². The topological polar surface area (TPSA) is 50.5 Å². The lowest BCUT2D eigenvalue weighted by molar-refractivity contribution is -0.00670. The van der Waals surface area contributed by atoms with Crippen LogP contribution in [0.4, 0.5) is 6.01 Å². The van der Waals surface area contributed by atoms with Crippen molar-refractivity contribution >= 4 is 6.01 Å². The summed E-state index contributed by atoms with van der Waals surface area (Å²) in [6, 6.07) is 0.713. The van der Waals surface area contributed by atoms with E-state index < -0.39 is 0 Å². The van der Waals surface area contributed by atoms with Crippen molar-refractivity contribution in [1.29, 1.82) is 0 Å². The van der Waals surface area contributed by atoms with E-state index >= 15 is 0 Å². The molecule has 18 heavy (non-hydrogen) atoms. The fourth-order valence-electron chi connectivity index (χ4n) is 2.25. The largest absolute Gasteiger partial charge is 0.432 e. The van der Waals surface area contributed by atoms with Gasteiger partial charge in [-0.2, -0.15) is 4.98 Å². The molecule has 1 aromatic rings. The van der Waals surface area contributed by atoms with Crippen LogP contribution in [0.3, 0.4) is 0 Å². The number of ether oxygens (including phenoxy) is 1. The Bertz CT molecular complexity index is 357. The van der Waals surface area contributed by atoms with E-state index in [1.807, 2.05) is 0 Å². The first-order valence-corrected chi connectivity index (χ1v) is 6.74. The van der Waals surface area contributed by atoms with Crippen molar-refractivity contribution in [3.8, 4) is 0 Å². The van der Waals surface area contributed by atoms with Gasteiger partial charge in [0.15, 0.2) is 0 Å². The highest BCUT2D eigenvalue weighted by Crippen LogP contribution is 2.19. The Hall–Kier alpha value is -1.07. The summed E-state index contributed by atoms with van der Waals surface area (Å²) < 4.78 is 11.3. The summed E-state index contributed by atoms with van der Waals surface area (Å²) in [5.41, 5.74) is 0.963. The smallest absolute Gasteiger partial charge is 0.297 e. The zero-order valence-corrected chi connectivity index (χ0v) is 11.5. The average Bonchev–Trinajstić information content (AvgIpc) is 2.77. The Morgan fingerprint density at radius 1 is 1.39 bits per heavy atom. The molecule has 1 aromatic heterocycles. The number of anilines is 1. The summed E-state index contributed by atoms with van der Waals surface area (Å²) in [5.74, 6) is 0. The molecule has 0 aliphatic carbocycles. The van der Waals surface area contributed by atoms with Gasteiger partial charge in [-0.25, -0.2) is 0 Å². The summed E-state index contributed by atoms with van der Waals surface area (Å²) in [6.45, 7) is 9.77. The molecule has 1 saturated heterocycles. The maximum absolute atomic E-state index is 5.70. The molecule has 0 aromatic carbocycles. The van der Waals surface area contributed by atoms with Crippen LogP contribution in [0.15, 0.2) is 10.7 Å². The Labute approximate surface area is 109 Å². The fourth-order valence-corrected chi connectivity index (χ4v) is 2.25. The molecule has 0 amide bonds. The summed E-state index contributed by atoms with van der Waals surface area (Å²) >= 11 is 0. The second-order valence-electron chi connectivity index (χ2n) is 4.96. The Morgan fingerprint density at radius 3 is 2.78 bits per heavy atom. The molecule has 0 saturated carbocycles. The molecule has 1 fully saturated rings. The molecule has 2 atom stereocenters. The summed E-state index contributed by atoms with van der Waals surface area (Å²) in [4.78, 5) is 6.67. The Balaban J connectivity index is 1.92. The van der Waals surface area contributed by atoms with Crippen LogP contribution in [0.25, 0.3) is 0 Å². The molecule has 0 radical (unpaired) electrons. The SMILES string of the molecule is CCCNCc1coc(N2CC(C)OC(C)C2)n1. The molecule has 1 aliphatic heterocycles. The van der Waals surface area contributed by atoms with Gasteiger partial charge in [-0.1, -0.05) is 6.92 Å². The van der Waals surface area contributed by atoms with Gasteiger partial charge in [0.25, 0.3) is 6.01 Å². The summed E-state index contributed by atoms with van der Waals surface area (Å²) in [7, 11) is 0. The van der Waals surface area contributed by atoms with E-state index in [1.165, 1.54) is 0 Å². The van der Waals surface area contributed by atoms with Crippen LogP contribution in [0, 0.1) is 0 Å². The van der Waals surface area contributed by atoms with Crippen molar-refractivity contribution in [1.82, 2.24) is 10.3 Å². The van der Waals surface area contributed by atoms with Crippen LogP contribution in [-0.2, 0) is 11.3 Å². The lowest BCUT2D eigenvalue weighted by Crippen LogP contribution is -2.45. The van der Waals surface area contributed by atoms with Gasteiger partial charge in [0, 0.05) is 19.6 Å². The van der Waals surface area contributed by atoms with Crippen LogP contribution in [0.1, 0.15) is 32.9 Å². The van der Waals surface area contributed by atoms with Crippen molar-refractivity contribution < 1.29 is 9.15 Å². The number of oxazole rings is 1. The molecule has 1 N–H and O–H groups in total. The fraction of sp³-hybridized carbons (Fsp3) is 0.769. The lowest BCUT2D eigenvalue weighted by atomic mass is 10.2. The molecule has 2 unspecified atom stereocenters. The van der Waals surface area contributed by atoms with Gasteiger partial charge in [-0.3, -0.25) is 0 Å². The normalized spacial score (nSPS) is 24.5. The monoisotopic (exact) mass is 253 g/mol. The second-order valence-corrected chi connectivity index (χ2v) is 4.96. The third kappa shape index (κ3) is 3.46. The Morgan fingerprint density at radius 2 is 2.11 bits per heavy atom. The van der Waals surface area contributed by atoms with Crippen LogP contribution < -0.4 is 10.2 Å². The first-order valence-electron chi connectivity index (χ1n) is 6.74. The number of nitrogens with one attached hydrogen (secondary N) is 1. The summed E-state index contributed by atoms with van der Waals surface area (Å²) in [5, 5.41) is 3.32. The van der Waals surface area contributed by atoms with Crippen LogP contribution in [0.2, 0.25) is 0 Å². The minimum Gasteiger partial charge on any atom is -0.432 e. The molecule has 5 heteroatoms. The van der Waals surface area contributed by atoms with E-state index in [1.54, 1.807) is 6.26 Å².